The first-order chi connectivity index (χ1) is 6.73. The van der Waals surface area contributed by atoms with Crippen molar-refractivity contribution in [3.05, 3.63) is 11.3 Å². The summed E-state index contributed by atoms with van der Waals surface area (Å²) in [5.41, 5.74) is -0.343. The number of nitrogens with zero attached hydrogens (tertiary/aromatic N) is 3. The summed E-state index contributed by atoms with van der Waals surface area (Å²) in [5.74, 6) is -0.0121. The third kappa shape index (κ3) is 1.70. The molecule has 4 heteroatoms. The van der Waals surface area contributed by atoms with E-state index in [9.17, 15) is 4.79 Å². The maximum Gasteiger partial charge on any atom is 0.141 e. The minimum atomic E-state index is -0.734. The van der Waals surface area contributed by atoms with Crippen LogP contribution in [0, 0.1) is 16.7 Å². The van der Waals surface area contributed by atoms with Crippen molar-refractivity contribution in [1.82, 2.24) is 0 Å². The van der Waals surface area contributed by atoms with Crippen LogP contribution >= 0.6 is 0 Å². The molecule has 0 spiro atoms. The van der Waals surface area contributed by atoms with E-state index < -0.39 is 11.0 Å². The fourth-order valence-corrected chi connectivity index (χ4v) is 1.36. The lowest BCUT2D eigenvalue weighted by Crippen LogP contribution is -2.26. The molecule has 1 aliphatic heterocycles. The predicted octanol–water partition coefficient (Wildman–Crippen LogP) is 2.62. The number of rotatable bonds is 2. The van der Waals surface area contributed by atoms with Gasteiger partial charge in [-0.3, -0.25) is 4.79 Å². The average Bonchev–Trinajstić information content (AvgIpc) is 2.40. The van der Waals surface area contributed by atoms with E-state index in [1.165, 1.54) is 6.92 Å². The molecule has 0 N–H and O–H groups in total. The minimum absolute atomic E-state index is 0.0121. The first kappa shape index (κ1) is 11.6. The number of carbonyl (C=O) groups is 1. The van der Waals surface area contributed by atoms with Gasteiger partial charge in [0.25, 0.3) is 0 Å². The van der Waals surface area contributed by atoms with Crippen molar-refractivity contribution in [2.75, 3.05) is 0 Å². The van der Waals surface area contributed by atoms with E-state index in [1.54, 1.807) is 13.8 Å². The van der Waals surface area contributed by atoms with Gasteiger partial charge in [-0.15, -0.1) is 0 Å². The molecule has 0 amide bonds. The van der Waals surface area contributed by atoms with E-state index in [0.29, 0.717) is 11.3 Å². The van der Waals surface area contributed by atoms with Crippen LogP contribution in [0.5, 0.6) is 0 Å². The Morgan fingerprint density at radius 3 is 2.40 bits per heavy atom. The number of carbonyl (C=O) groups excluding carboxylic acids is 1. The summed E-state index contributed by atoms with van der Waals surface area (Å²) in [7, 11) is 0. The number of nitriles is 1. The van der Waals surface area contributed by atoms with Crippen LogP contribution in [0.1, 0.15) is 34.6 Å². The number of allylic oxidation sites excluding steroid dienone is 1. The molecule has 4 nitrogen and oxygen atoms in total. The number of ketones is 1. The maximum absolute atomic E-state index is 11.5. The van der Waals surface area contributed by atoms with Gasteiger partial charge in [-0.1, -0.05) is 0 Å². The van der Waals surface area contributed by atoms with Crippen LogP contribution < -0.4 is 0 Å². The Labute approximate surface area is 89.7 Å². The fourth-order valence-electron chi connectivity index (χ4n) is 1.36. The third-order valence-electron chi connectivity index (χ3n) is 2.83. The van der Waals surface area contributed by atoms with Crippen molar-refractivity contribution >= 4 is 5.78 Å². The molecule has 0 saturated heterocycles. The monoisotopic (exact) mass is 205 g/mol. The standard InChI is InChI=1S/C11H15N3O/c1-7(15)10(2,3)9-8(6-12)11(4,5)14-13-9/h1-5H3. The van der Waals surface area contributed by atoms with Gasteiger partial charge in [0.05, 0.1) is 22.8 Å². The third-order valence-corrected chi connectivity index (χ3v) is 2.83. The van der Waals surface area contributed by atoms with Crippen LogP contribution in [-0.2, 0) is 4.79 Å². The fraction of sp³-hybridized carbons (Fsp3) is 0.636. The van der Waals surface area contributed by atoms with Crippen LogP contribution in [0.4, 0.5) is 0 Å². The van der Waals surface area contributed by atoms with Crippen molar-refractivity contribution in [2.24, 2.45) is 15.6 Å². The normalized spacial score (nSPS) is 19.2. The lowest BCUT2D eigenvalue weighted by atomic mass is 9.80. The van der Waals surface area contributed by atoms with Crippen LogP contribution in [0.3, 0.4) is 0 Å². The Bertz CT molecular complexity index is 408. The number of hydrogen-bond donors (Lipinski definition) is 0. The SMILES string of the molecule is CC(=O)C(C)(C)C1=C(C#N)C(C)(C)N=N1. The smallest absolute Gasteiger partial charge is 0.141 e. The molecule has 0 aromatic heterocycles. The largest absolute Gasteiger partial charge is 0.299 e. The van der Waals surface area contributed by atoms with Crippen molar-refractivity contribution in [3.63, 3.8) is 0 Å². The molecule has 0 saturated carbocycles. The van der Waals surface area contributed by atoms with Crippen LogP contribution in [-0.4, -0.2) is 11.3 Å². The van der Waals surface area contributed by atoms with E-state index in [1.807, 2.05) is 13.8 Å². The molecule has 1 rings (SSSR count). The number of Topliss-reactive ketones (excluding diaryl/α,β-unsaturated/α-hetero) is 1. The summed E-state index contributed by atoms with van der Waals surface area (Å²) in [5, 5.41) is 17.1. The summed E-state index contributed by atoms with van der Waals surface area (Å²) in [4.78, 5) is 11.5. The first-order valence-corrected chi connectivity index (χ1v) is 4.82. The summed E-state index contributed by atoms with van der Waals surface area (Å²) < 4.78 is 0. The highest BCUT2D eigenvalue weighted by molar-refractivity contribution is 5.85. The molecule has 0 aromatic rings. The Balaban J connectivity index is 3.35. The van der Waals surface area contributed by atoms with Crippen molar-refractivity contribution in [1.29, 1.82) is 5.26 Å². The van der Waals surface area contributed by atoms with E-state index in [-0.39, 0.29) is 5.78 Å². The average molecular weight is 205 g/mol. The van der Waals surface area contributed by atoms with E-state index in [2.05, 4.69) is 16.3 Å². The lowest BCUT2D eigenvalue weighted by Gasteiger charge is -2.21. The molecule has 0 bridgehead atoms. The van der Waals surface area contributed by atoms with Crippen LogP contribution in [0.15, 0.2) is 21.5 Å². The molecule has 0 unspecified atom stereocenters. The molecule has 0 atom stereocenters. The van der Waals surface area contributed by atoms with Gasteiger partial charge in [0.2, 0.25) is 0 Å². The molecule has 0 radical (unpaired) electrons. The zero-order chi connectivity index (χ0) is 11.9. The van der Waals surface area contributed by atoms with E-state index in [0.717, 1.165) is 0 Å². The highest BCUT2D eigenvalue weighted by atomic mass is 16.1. The van der Waals surface area contributed by atoms with Gasteiger partial charge in [-0.2, -0.15) is 15.5 Å². The van der Waals surface area contributed by atoms with Crippen LogP contribution in [0.25, 0.3) is 0 Å². The second-order valence-corrected chi connectivity index (χ2v) is 4.78. The Morgan fingerprint density at radius 1 is 1.47 bits per heavy atom. The van der Waals surface area contributed by atoms with E-state index in [4.69, 9.17) is 5.26 Å². The summed E-state index contributed by atoms with van der Waals surface area (Å²) in [6, 6.07) is 2.11. The molecule has 0 fully saturated rings. The van der Waals surface area contributed by atoms with Crippen molar-refractivity contribution < 1.29 is 4.79 Å². The highest BCUT2D eigenvalue weighted by Gasteiger charge is 2.40. The molecule has 80 valence electrons. The van der Waals surface area contributed by atoms with Crippen LogP contribution in [0.2, 0.25) is 0 Å². The summed E-state index contributed by atoms with van der Waals surface area (Å²) >= 11 is 0. The topological polar surface area (TPSA) is 65.6 Å². The number of hydrogen-bond acceptors (Lipinski definition) is 4. The summed E-state index contributed by atoms with van der Waals surface area (Å²) in [6.07, 6.45) is 0. The maximum atomic E-state index is 11.5. The predicted molar refractivity (Wildman–Crippen MR) is 56.0 cm³/mol. The van der Waals surface area contributed by atoms with Gasteiger partial charge < -0.3 is 0 Å². The molecule has 1 aliphatic rings. The Morgan fingerprint density at radius 2 is 2.00 bits per heavy atom. The van der Waals surface area contributed by atoms with E-state index >= 15 is 0 Å². The lowest BCUT2D eigenvalue weighted by molar-refractivity contribution is -0.123. The second kappa shape index (κ2) is 3.27. The van der Waals surface area contributed by atoms with Gasteiger partial charge in [0, 0.05) is 0 Å². The minimum Gasteiger partial charge on any atom is -0.299 e. The van der Waals surface area contributed by atoms with Gasteiger partial charge in [-0.05, 0) is 34.6 Å². The Kier molecular flexibility index (Phi) is 2.52. The van der Waals surface area contributed by atoms with Gasteiger partial charge in [-0.25, -0.2) is 0 Å². The van der Waals surface area contributed by atoms with Gasteiger partial charge in [0.15, 0.2) is 0 Å². The van der Waals surface area contributed by atoms with Crippen molar-refractivity contribution in [2.45, 2.75) is 40.2 Å². The van der Waals surface area contributed by atoms with Crippen molar-refractivity contribution in [3.8, 4) is 6.07 Å². The zero-order valence-electron chi connectivity index (χ0n) is 9.75. The quantitative estimate of drug-likeness (QED) is 0.695. The number of azo groups is 1. The molecule has 0 aromatic carbocycles. The molecule has 1 heterocycles. The molecule has 0 aliphatic carbocycles. The molecular weight excluding hydrogens is 190 g/mol. The van der Waals surface area contributed by atoms with Gasteiger partial charge >= 0.3 is 0 Å². The first-order valence-electron chi connectivity index (χ1n) is 4.82. The highest BCUT2D eigenvalue weighted by Crippen LogP contribution is 2.40. The summed E-state index contributed by atoms with van der Waals surface area (Å²) in [6.45, 7) is 8.67. The zero-order valence-corrected chi connectivity index (χ0v) is 9.75. The molecular formula is C11H15N3O. The Hall–Kier alpha value is -1.50. The van der Waals surface area contributed by atoms with Gasteiger partial charge in [0.1, 0.15) is 11.3 Å². The molecule has 15 heavy (non-hydrogen) atoms. The second-order valence-electron chi connectivity index (χ2n) is 4.78.